The van der Waals surface area contributed by atoms with E-state index in [0.717, 1.165) is 30.8 Å². The van der Waals surface area contributed by atoms with E-state index in [4.69, 9.17) is 10.5 Å². The SMILES string of the molecule is CCOc1ccc2c(c1)C(N)CCCN2. The highest BCUT2D eigenvalue weighted by molar-refractivity contribution is 5.56. The number of nitrogens with one attached hydrogen (secondary N) is 1. The van der Waals surface area contributed by atoms with Crippen molar-refractivity contribution in [3.05, 3.63) is 23.8 Å². The maximum atomic E-state index is 6.12. The summed E-state index contributed by atoms with van der Waals surface area (Å²) in [5, 5.41) is 3.39. The first kappa shape index (κ1) is 10.3. The Hall–Kier alpha value is -1.22. The van der Waals surface area contributed by atoms with Gasteiger partial charge in [-0.2, -0.15) is 0 Å². The summed E-state index contributed by atoms with van der Waals surface area (Å²) in [4.78, 5) is 0. The van der Waals surface area contributed by atoms with Crippen LogP contribution in [0.3, 0.4) is 0 Å². The number of nitrogens with two attached hydrogens (primary N) is 1. The summed E-state index contributed by atoms with van der Waals surface area (Å²) in [5.41, 5.74) is 8.45. The van der Waals surface area contributed by atoms with E-state index in [0.29, 0.717) is 6.61 Å². The Morgan fingerprint density at radius 3 is 3.20 bits per heavy atom. The van der Waals surface area contributed by atoms with E-state index in [-0.39, 0.29) is 6.04 Å². The molecule has 3 heteroatoms. The topological polar surface area (TPSA) is 47.3 Å². The average molecular weight is 206 g/mol. The van der Waals surface area contributed by atoms with Gasteiger partial charge in [-0.3, -0.25) is 0 Å². The molecule has 15 heavy (non-hydrogen) atoms. The molecule has 1 unspecified atom stereocenters. The van der Waals surface area contributed by atoms with E-state index < -0.39 is 0 Å². The summed E-state index contributed by atoms with van der Waals surface area (Å²) in [6.45, 7) is 3.69. The second kappa shape index (κ2) is 4.53. The lowest BCUT2D eigenvalue weighted by atomic mass is 10.0. The zero-order valence-corrected chi connectivity index (χ0v) is 9.12. The Morgan fingerprint density at radius 2 is 2.40 bits per heavy atom. The molecule has 1 aliphatic heterocycles. The second-order valence-electron chi connectivity index (χ2n) is 3.86. The van der Waals surface area contributed by atoms with Crippen molar-refractivity contribution >= 4 is 5.69 Å². The van der Waals surface area contributed by atoms with Crippen LogP contribution in [0.2, 0.25) is 0 Å². The Morgan fingerprint density at radius 1 is 1.53 bits per heavy atom. The minimum Gasteiger partial charge on any atom is -0.494 e. The number of fused-ring (bicyclic) bond motifs is 1. The molecule has 1 aliphatic rings. The summed E-state index contributed by atoms with van der Waals surface area (Å²) in [6.07, 6.45) is 2.16. The van der Waals surface area contributed by atoms with Crippen LogP contribution in [0.1, 0.15) is 31.4 Å². The molecule has 0 fully saturated rings. The number of hydrogen-bond donors (Lipinski definition) is 2. The van der Waals surface area contributed by atoms with Crippen molar-refractivity contribution in [1.29, 1.82) is 0 Å². The van der Waals surface area contributed by atoms with Crippen molar-refractivity contribution in [2.45, 2.75) is 25.8 Å². The molecule has 3 nitrogen and oxygen atoms in total. The van der Waals surface area contributed by atoms with Gasteiger partial charge in [0.05, 0.1) is 6.61 Å². The fourth-order valence-corrected chi connectivity index (χ4v) is 1.97. The van der Waals surface area contributed by atoms with Gasteiger partial charge in [-0.1, -0.05) is 0 Å². The zero-order valence-electron chi connectivity index (χ0n) is 9.12. The third-order valence-corrected chi connectivity index (χ3v) is 2.74. The molecule has 1 atom stereocenters. The molecule has 0 radical (unpaired) electrons. The fraction of sp³-hybridized carbons (Fsp3) is 0.500. The quantitative estimate of drug-likeness (QED) is 0.780. The van der Waals surface area contributed by atoms with Gasteiger partial charge in [-0.05, 0) is 43.5 Å². The van der Waals surface area contributed by atoms with Crippen LogP contribution in [0.4, 0.5) is 5.69 Å². The van der Waals surface area contributed by atoms with Crippen LogP contribution >= 0.6 is 0 Å². The standard InChI is InChI=1S/C12H18N2O/c1-2-15-9-5-6-12-10(8-9)11(13)4-3-7-14-12/h5-6,8,11,14H,2-4,7,13H2,1H3. The molecule has 3 N–H and O–H groups in total. The molecule has 2 rings (SSSR count). The Bertz CT molecular complexity index is 338. The Kier molecular flexibility index (Phi) is 3.11. The monoisotopic (exact) mass is 206 g/mol. The lowest BCUT2D eigenvalue weighted by Crippen LogP contribution is -2.09. The van der Waals surface area contributed by atoms with E-state index in [1.54, 1.807) is 0 Å². The van der Waals surface area contributed by atoms with Gasteiger partial charge < -0.3 is 15.8 Å². The Labute approximate surface area is 90.6 Å². The van der Waals surface area contributed by atoms with Crippen LogP contribution in [0, 0.1) is 0 Å². The summed E-state index contributed by atoms with van der Waals surface area (Å²) in [5.74, 6) is 0.912. The largest absolute Gasteiger partial charge is 0.494 e. The third kappa shape index (κ3) is 2.23. The number of rotatable bonds is 2. The highest BCUT2D eigenvalue weighted by atomic mass is 16.5. The molecule has 0 saturated heterocycles. The predicted octanol–water partition coefficient (Wildman–Crippen LogP) is 2.29. The summed E-state index contributed by atoms with van der Waals surface area (Å²) in [7, 11) is 0. The van der Waals surface area contributed by atoms with E-state index in [2.05, 4.69) is 17.4 Å². The molecule has 1 heterocycles. The lowest BCUT2D eigenvalue weighted by molar-refractivity contribution is 0.339. The van der Waals surface area contributed by atoms with Crippen molar-refractivity contribution < 1.29 is 4.74 Å². The molecule has 1 aromatic rings. The molecule has 0 spiro atoms. The number of benzene rings is 1. The summed E-state index contributed by atoms with van der Waals surface area (Å²) < 4.78 is 5.48. The molecular formula is C12H18N2O. The first-order chi connectivity index (χ1) is 7.31. The van der Waals surface area contributed by atoms with Crippen molar-refractivity contribution in [2.75, 3.05) is 18.5 Å². The highest BCUT2D eigenvalue weighted by Crippen LogP contribution is 2.30. The van der Waals surface area contributed by atoms with Gasteiger partial charge >= 0.3 is 0 Å². The average Bonchev–Trinajstić information content (AvgIpc) is 2.42. The van der Waals surface area contributed by atoms with E-state index in [1.165, 1.54) is 5.56 Å². The van der Waals surface area contributed by atoms with E-state index in [9.17, 15) is 0 Å². The highest BCUT2D eigenvalue weighted by Gasteiger charge is 2.15. The third-order valence-electron chi connectivity index (χ3n) is 2.74. The molecule has 0 aromatic heterocycles. The van der Waals surface area contributed by atoms with Crippen molar-refractivity contribution in [1.82, 2.24) is 0 Å². The van der Waals surface area contributed by atoms with E-state index >= 15 is 0 Å². The smallest absolute Gasteiger partial charge is 0.119 e. The van der Waals surface area contributed by atoms with Gasteiger partial charge in [-0.15, -0.1) is 0 Å². The fourth-order valence-electron chi connectivity index (χ4n) is 1.97. The van der Waals surface area contributed by atoms with Gasteiger partial charge in [0, 0.05) is 18.3 Å². The van der Waals surface area contributed by atoms with Crippen LogP contribution in [0.25, 0.3) is 0 Å². The Balaban J connectivity index is 2.31. The minimum atomic E-state index is 0.135. The minimum absolute atomic E-state index is 0.135. The molecule has 0 bridgehead atoms. The second-order valence-corrected chi connectivity index (χ2v) is 3.86. The van der Waals surface area contributed by atoms with Gasteiger partial charge in [0.1, 0.15) is 5.75 Å². The first-order valence-electron chi connectivity index (χ1n) is 5.57. The maximum Gasteiger partial charge on any atom is 0.119 e. The zero-order chi connectivity index (χ0) is 10.7. The molecular weight excluding hydrogens is 188 g/mol. The molecule has 82 valence electrons. The van der Waals surface area contributed by atoms with Crippen LogP contribution in [-0.4, -0.2) is 13.2 Å². The summed E-state index contributed by atoms with van der Waals surface area (Å²) >= 11 is 0. The van der Waals surface area contributed by atoms with Crippen LogP contribution in [-0.2, 0) is 0 Å². The molecule has 1 aromatic carbocycles. The maximum absolute atomic E-state index is 6.12. The van der Waals surface area contributed by atoms with Crippen molar-refractivity contribution in [3.8, 4) is 5.75 Å². The molecule has 0 amide bonds. The number of hydrogen-bond acceptors (Lipinski definition) is 3. The molecule has 0 saturated carbocycles. The van der Waals surface area contributed by atoms with Crippen molar-refractivity contribution in [3.63, 3.8) is 0 Å². The lowest BCUT2D eigenvalue weighted by Gasteiger charge is -2.14. The normalized spacial score (nSPS) is 20.0. The van der Waals surface area contributed by atoms with Gasteiger partial charge in [0.2, 0.25) is 0 Å². The van der Waals surface area contributed by atoms with E-state index in [1.807, 2.05) is 13.0 Å². The predicted molar refractivity (Wildman–Crippen MR) is 62.3 cm³/mol. The number of ether oxygens (including phenoxy) is 1. The van der Waals surface area contributed by atoms with Crippen LogP contribution < -0.4 is 15.8 Å². The first-order valence-corrected chi connectivity index (χ1v) is 5.57. The van der Waals surface area contributed by atoms with Crippen molar-refractivity contribution in [2.24, 2.45) is 5.73 Å². The molecule has 0 aliphatic carbocycles. The van der Waals surface area contributed by atoms with Crippen LogP contribution in [0.5, 0.6) is 5.75 Å². The van der Waals surface area contributed by atoms with Gasteiger partial charge in [0.15, 0.2) is 0 Å². The summed E-state index contributed by atoms with van der Waals surface area (Å²) in [6, 6.07) is 6.25. The van der Waals surface area contributed by atoms with Gasteiger partial charge in [0.25, 0.3) is 0 Å². The van der Waals surface area contributed by atoms with Gasteiger partial charge in [-0.25, -0.2) is 0 Å². The number of anilines is 1. The van der Waals surface area contributed by atoms with Crippen LogP contribution in [0.15, 0.2) is 18.2 Å².